The van der Waals surface area contributed by atoms with Crippen molar-refractivity contribution in [2.24, 2.45) is 4.99 Å². The number of rotatable bonds is 6. The average Bonchev–Trinajstić information content (AvgIpc) is 2.78. The molecule has 1 aromatic heterocycles. The summed E-state index contributed by atoms with van der Waals surface area (Å²) in [6.07, 6.45) is 0. The van der Waals surface area contributed by atoms with Crippen molar-refractivity contribution in [3.8, 4) is 11.5 Å². The number of methoxy groups -OCH3 is 2. The first-order chi connectivity index (χ1) is 16.2. The van der Waals surface area contributed by atoms with Crippen LogP contribution >= 0.6 is 0 Å². The summed E-state index contributed by atoms with van der Waals surface area (Å²) in [6.45, 7) is 5.12. The number of nitrogens with one attached hydrogen (secondary N) is 2. The van der Waals surface area contributed by atoms with Crippen molar-refractivity contribution in [3.63, 3.8) is 0 Å². The number of carbonyl (C=O) groups is 1. The van der Waals surface area contributed by atoms with E-state index in [4.69, 9.17) is 9.47 Å². The Hall–Kier alpha value is -4.54. The molecule has 11 heteroatoms. The molecule has 0 atom stereocenters. The van der Waals surface area contributed by atoms with Gasteiger partial charge in [-0.05, 0) is 45.0 Å². The van der Waals surface area contributed by atoms with Gasteiger partial charge in [0.15, 0.2) is 0 Å². The number of ether oxygens (including phenoxy) is 2. The van der Waals surface area contributed by atoms with Crippen LogP contribution in [0.1, 0.15) is 27.3 Å². The molecule has 2 aromatic carbocycles. The fourth-order valence-electron chi connectivity index (χ4n) is 3.22. The van der Waals surface area contributed by atoms with Gasteiger partial charge in [0.05, 0.1) is 24.8 Å². The Kier molecular flexibility index (Phi) is 7.36. The Morgan fingerprint density at radius 3 is 2.35 bits per heavy atom. The number of hydrogen-bond donors (Lipinski definition) is 2. The second-order valence-corrected chi connectivity index (χ2v) is 7.26. The first kappa shape index (κ1) is 24.1. The molecular formula is C23H24N6O5. The lowest BCUT2D eigenvalue weighted by Crippen LogP contribution is -2.36. The third-order valence-electron chi connectivity index (χ3n) is 4.82. The minimum absolute atomic E-state index is 0.00405. The van der Waals surface area contributed by atoms with Crippen LogP contribution in [0, 0.1) is 30.9 Å². The third kappa shape index (κ3) is 5.63. The number of anilines is 1. The van der Waals surface area contributed by atoms with E-state index in [2.05, 4.69) is 25.6 Å². The molecule has 3 aromatic rings. The number of benzene rings is 2. The van der Waals surface area contributed by atoms with Crippen molar-refractivity contribution in [1.29, 1.82) is 0 Å². The topological polar surface area (TPSA) is 141 Å². The van der Waals surface area contributed by atoms with E-state index >= 15 is 0 Å². The van der Waals surface area contributed by atoms with Crippen molar-refractivity contribution in [2.45, 2.75) is 20.8 Å². The first-order valence-corrected chi connectivity index (χ1v) is 10.2. The van der Waals surface area contributed by atoms with Crippen LogP contribution in [-0.2, 0) is 0 Å². The Morgan fingerprint density at radius 1 is 1.03 bits per heavy atom. The smallest absolute Gasteiger partial charge is 0.273 e. The van der Waals surface area contributed by atoms with Gasteiger partial charge in [0.25, 0.3) is 17.5 Å². The van der Waals surface area contributed by atoms with E-state index in [0.717, 1.165) is 0 Å². The van der Waals surface area contributed by atoms with Crippen LogP contribution < -0.4 is 20.1 Å². The first-order valence-electron chi connectivity index (χ1n) is 10.2. The molecule has 0 spiro atoms. The van der Waals surface area contributed by atoms with Crippen LogP contribution in [0.4, 0.5) is 17.3 Å². The van der Waals surface area contributed by atoms with Gasteiger partial charge in [0.2, 0.25) is 5.96 Å². The fourth-order valence-corrected chi connectivity index (χ4v) is 3.22. The van der Waals surface area contributed by atoms with Crippen molar-refractivity contribution in [2.75, 3.05) is 19.5 Å². The summed E-state index contributed by atoms with van der Waals surface area (Å²) in [4.78, 5) is 36.8. The van der Waals surface area contributed by atoms with Crippen LogP contribution in [0.15, 0.2) is 47.5 Å². The lowest BCUT2D eigenvalue weighted by Gasteiger charge is -2.15. The highest BCUT2D eigenvalue weighted by Gasteiger charge is 2.20. The molecule has 11 nitrogen and oxygen atoms in total. The van der Waals surface area contributed by atoms with E-state index in [1.807, 2.05) is 0 Å². The van der Waals surface area contributed by atoms with Crippen molar-refractivity contribution in [1.82, 2.24) is 15.3 Å². The lowest BCUT2D eigenvalue weighted by atomic mass is 10.1. The van der Waals surface area contributed by atoms with Crippen LogP contribution in [0.2, 0.25) is 0 Å². The van der Waals surface area contributed by atoms with Gasteiger partial charge < -0.3 is 14.8 Å². The summed E-state index contributed by atoms with van der Waals surface area (Å²) in [5.41, 5.74) is 2.10. The van der Waals surface area contributed by atoms with E-state index in [1.165, 1.54) is 39.3 Å². The molecule has 2 N–H and O–H groups in total. The highest BCUT2D eigenvalue weighted by atomic mass is 16.6. The van der Waals surface area contributed by atoms with Gasteiger partial charge in [-0.15, -0.1) is 0 Å². The number of guanidine groups is 1. The highest BCUT2D eigenvalue weighted by Crippen LogP contribution is 2.29. The Morgan fingerprint density at radius 2 is 1.74 bits per heavy atom. The Labute approximate surface area is 196 Å². The molecule has 0 unspecified atom stereocenters. The number of carbonyl (C=O) groups excluding carboxylic acids is 1. The van der Waals surface area contributed by atoms with Gasteiger partial charge >= 0.3 is 0 Å². The molecule has 34 heavy (non-hydrogen) atoms. The number of aryl methyl sites for hydroxylation is 2. The number of aliphatic imine (C=N–C) groups is 1. The molecule has 0 aliphatic rings. The molecule has 0 bridgehead atoms. The zero-order valence-corrected chi connectivity index (χ0v) is 19.4. The van der Waals surface area contributed by atoms with Gasteiger partial charge in [-0.2, -0.15) is 4.99 Å². The monoisotopic (exact) mass is 464 g/mol. The van der Waals surface area contributed by atoms with Crippen molar-refractivity contribution in [3.05, 3.63) is 75.1 Å². The summed E-state index contributed by atoms with van der Waals surface area (Å²) in [6, 6.07) is 11.2. The van der Waals surface area contributed by atoms with E-state index in [0.29, 0.717) is 28.6 Å². The SMILES string of the molecule is COc1ccc(NC(=Nc2nc(C)cc(C)n2)NC(=O)c2cccc([N+](=O)[O-])c2C)c(OC)c1. The number of aromatic nitrogens is 2. The molecule has 0 aliphatic carbocycles. The van der Waals surface area contributed by atoms with E-state index in [9.17, 15) is 14.9 Å². The van der Waals surface area contributed by atoms with Crippen molar-refractivity contribution >= 4 is 29.2 Å². The highest BCUT2D eigenvalue weighted by molar-refractivity contribution is 6.11. The Balaban J connectivity index is 2.02. The van der Waals surface area contributed by atoms with Gasteiger partial charge in [0, 0.05) is 34.6 Å². The molecular weight excluding hydrogens is 440 g/mol. The molecule has 0 fully saturated rings. The summed E-state index contributed by atoms with van der Waals surface area (Å²) in [7, 11) is 3.03. The maximum Gasteiger partial charge on any atom is 0.273 e. The summed E-state index contributed by atoms with van der Waals surface area (Å²) in [5, 5.41) is 17.0. The van der Waals surface area contributed by atoms with E-state index < -0.39 is 10.8 Å². The van der Waals surface area contributed by atoms with Crippen molar-refractivity contribution < 1.29 is 19.2 Å². The summed E-state index contributed by atoms with van der Waals surface area (Å²) < 4.78 is 10.6. The summed E-state index contributed by atoms with van der Waals surface area (Å²) >= 11 is 0. The van der Waals surface area contributed by atoms with E-state index in [1.54, 1.807) is 38.1 Å². The van der Waals surface area contributed by atoms with Crippen LogP contribution in [0.5, 0.6) is 11.5 Å². The summed E-state index contributed by atoms with van der Waals surface area (Å²) in [5.74, 6) is 0.557. The number of nitro groups is 1. The normalized spacial score (nSPS) is 11.0. The molecule has 176 valence electrons. The van der Waals surface area contributed by atoms with Gasteiger partial charge in [0.1, 0.15) is 11.5 Å². The molecule has 1 heterocycles. The zero-order chi connectivity index (χ0) is 24.8. The number of nitrogens with zero attached hydrogens (tertiary/aromatic N) is 4. The van der Waals surface area contributed by atoms with Gasteiger partial charge in [-0.3, -0.25) is 20.2 Å². The molecule has 3 rings (SSSR count). The number of amides is 1. The minimum atomic E-state index is -0.593. The molecule has 1 amide bonds. The predicted octanol–water partition coefficient (Wildman–Crippen LogP) is 3.86. The quantitative estimate of drug-likeness (QED) is 0.242. The standard InChI is InChI=1S/C23H24N6O5/c1-13-11-14(2)25-22(24-13)28-23(26-18-10-9-16(33-4)12-20(18)34-5)27-21(30)17-7-6-8-19(15(17)3)29(31)32/h6-12H,1-5H3,(H2,24,25,26,27,28,30). The van der Waals surface area contributed by atoms with Crippen LogP contribution in [0.3, 0.4) is 0 Å². The van der Waals surface area contributed by atoms with Crippen LogP contribution in [-0.4, -0.2) is 41.0 Å². The van der Waals surface area contributed by atoms with Gasteiger partial charge in [-0.25, -0.2) is 9.97 Å². The molecule has 0 saturated heterocycles. The largest absolute Gasteiger partial charge is 0.497 e. The molecule has 0 aliphatic heterocycles. The van der Waals surface area contributed by atoms with Crippen LogP contribution in [0.25, 0.3) is 0 Å². The zero-order valence-electron chi connectivity index (χ0n) is 19.4. The average molecular weight is 464 g/mol. The van der Waals surface area contributed by atoms with E-state index in [-0.39, 0.29) is 28.7 Å². The Bertz CT molecular complexity index is 1250. The van der Waals surface area contributed by atoms with Gasteiger partial charge in [-0.1, -0.05) is 6.07 Å². The maximum atomic E-state index is 13.1. The lowest BCUT2D eigenvalue weighted by molar-refractivity contribution is -0.385. The minimum Gasteiger partial charge on any atom is -0.497 e. The maximum absolute atomic E-state index is 13.1. The number of nitro benzene ring substituents is 1. The number of hydrogen-bond acceptors (Lipinski definition) is 8. The molecule has 0 radical (unpaired) electrons. The predicted molar refractivity (Wildman–Crippen MR) is 127 cm³/mol. The second-order valence-electron chi connectivity index (χ2n) is 7.26. The molecule has 0 saturated carbocycles. The second kappa shape index (κ2) is 10.4. The fraction of sp³-hybridized carbons (Fsp3) is 0.217. The third-order valence-corrected chi connectivity index (χ3v) is 4.82.